The zero-order valence-electron chi connectivity index (χ0n) is 10.3. The monoisotopic (exact) mass is 180 g/mol. The quantitative estimate of drug-likeness (QED) is 0.533. The number of hydrogen-bond acceptors (Lipinski definition) is 0. The van der Waals surface area contributed by atoms with Crippen LogP contribution in [0.15, 0.2) is 0 Å². The molecule has 0 radical (unpaired) electrons. The Morgan fingerprint density at radius 2 is 1.46 bits per heavy atom. The van der Waals surface area contributed by atoms with Crippen LogP contribution in [0.2, 0.25) is 0 Å². The van der Waals surface area contributed by atoms with Crippen LogP contribution in [0.3, 0.4) is 0 Å². The van der Waals surface area contributed by atoms with Gasteiger partial charge in [0, 0.05) is 11.8 Å². The van der Waals surface area contributed by atoms with E-state index in [1.165, 1.54) is 0 Å². The molecule has 13 heavy (non-hydrogen) atoms. The van der Waals surface area contributed by atoms with Gasteiger partial charge in [0.2, 0.25) is 0 Å². The maximum Gasteiger partial charge on any atom is 0.0230 e. The highest BCUT2D eigenvalue weighted by molar-refractivity contribution is 5.08. The predicted octanol–water partition coefficient (Wildman–Crippen LogP) is 4.11. The van der Waals surface area contributed by atoms with E-state index in [2.05, 4.69) is 60.3 Å². The van der Waals surface area contributed by atoms with Crippen LogP contribution in [-0.4, -0.2) is 0 Å². The van der Waals surface area contributed by atoms with E-state index in [1.807, 2.05) is 0 Å². The summed E-state index contributed by atoms with van der Waals surface area (Å²) in [7, 11) is 0. The van der Waals surface area contributed by atoms with Crippen molar-refractivity contribution in [1.82, 2.24) is 0 Å². The molecular formula is C13H24. The fourth-order valence-corrected chi connectivity index (χ4v) is 0.775. The van der Waals surface area contributed by atoms with Gasteiger partial charge in [0.1, 0.15) is 0 Å². The molecule has 0 spiro atoms. The molecule has 0 heterocycles. The van der Waals surface area contributed by atoms with Crippen LogP contribution in [0.5, 0.6) is 0 Å². The van der Waals surface area contributed by atoms with E-state index in [9.17, 15) is 0 Å². The summed E-state index contributed by atoms with van der Waals surface area (Å²) in [6.07, 6.45) is 1.01. The van der Waals surface area contributed by atoms with Gasteiger partial charge in [-0.25, -0.2) is 0 Å². The van der Waals surface area contributed by atoms with E-state index in [-0.39, 0.29) is 5.41 Å². The minimum atomic E-state index is 0.150. The van der Waals surface area contributed by atoms with E-state index in [0.717, 1.165) is 6.42 Å². The summed E-state index contributed by atoms with van der Waals surface area (Å²) in [6.45, 7) is 15.6. The lowest BCUT2D eigenvalue weighted by Crippen LogP contribution is -2.16. The third-order valence-corrected chi connectivity index (χ3v) is 2.35. The van der Waals surface area contributed by atoms with Crippen LogP contribution in [0.4, 0.5) is 0 Å². The average molecular weight is 180 g/mol. The molecule has 0 aliphatic carbocycles. The van der Waals surface area contributed by atoms with E-state index in [1.54, 1.807) is 0 Å². The fourth-order valence-electron chi connectivity index (χ4n) is 0.775. The zero-order chi connectivity index (χ0) is 10.7. The molecule has 0 aliphatic heterocycles. The summed E-state index contributed by atoms with van der Waals surface area (Å²) in [5.74, 6) is 7.23. The lowest BCUT2D eigenvalue weighted by molar-refractivity contribution is 0.266. The second-order valence-corrected chi connectivity index (χ2v) is 6.02. The van der Waals surface area contributed by atoms with E-state index >= 15 is 0 Å². The number of rotatable bonds is 1. The van der Waals surface area contributed by atoms with Crippen molar-refractivity contribution in [2.45, 2.75) is 54.9 Å². The molecular weight excluding hydrogens is 156 g/mol. The van der Waals surface area contributed by atoms with E-state index in [0.29, 0.717) is 11.3 Å². The van der Waals surface area contributed by atoms with Gasteiger partial charge in [-0.1, -0.05) is 33.6 Å². The lowest BCUT2D eigenvalue weighted by Gasteiger charge is -2.25. The van der Waals surface area contributed by atoms with Gasteiger partial charge in [-0.3, -0.25) is 0 Å². The molecule has 1 atom stereocenters. The van der Waals surface area contributed by atoms with Gasteiger partial charge >= 0.3 is 0 Å². The first-order valence-corrected chi connectivity index (χ1v) is 5.13. The minimum absolute atomic E-state index is 0.150. The number of hydrogen-bond donors (Lipinski definition) is 0. The van der Waals surface area contributed by atoms with Gasteiger partial charge in [0.15, 0.2) is 0 Å². The normalized spacial score (nSPS) is 14.7. The summed E-state index contributed by atoms with van der Waals surface area (Å²) in [5, 5.41) is 0. The van der Waals surface area contributed by atoms with Crippen molar-refractivity contribution in [2.75, 3.05) is 0 Å². The smallest absolute Gasteiger partial charge is 0.0230 e. The molecule has 0 aromatic heterocycles. The van der Waals surface area contributed by atoms with Gasteiger partial charge in [-0.05, 0) is 32.1 Å². The standard InChI is InChI=1S/C13H24/c1-11(13(5,6)7)9-8-10-12(2,3)4/h11H,9H2,1-7H3. The Labute approximate surface area is 84.1 Å². The van der Waals surface area contributed by atoms with Crippen molar-refractivity contribution in [2.24, 2.45) is 16.7 Å². The second kappa shape index (κ2) is 4.18. The Morgan fingerprint density at radius 3 is 1.77 bits per heavy atom. The van der Waals surface area contributed by atoms with Crippen molar-refractivity contribution in [3.8, 4) is 11.8 Å². The SMILES string of the molecule is CC(CC#CC(C)(C)C)C(C)(C)C. The third kappa shape index (κ3) is 6.70. The summed E-state index contributed by atoms with van der Waals surface area (Å²) < 4.78 is 0. The molecule has 0 heteroatoms. The second-order valence-electron chi connectivity index (χ2n) is 6.02. The molecule has 0 rings (SSSR count). The summed E-state index contributed by atoms with van der Waals surface area (Å²) in [4.78, 5) is 0. The van der Waals surface area contributed by atoms with E-state index in [4.69, 9.17) is 0 Å². The Hall–Kier alpha value is -0.440. The van der Waals surface area contributed by atoms with Gasteiger partial charge in [0.05, 0.1) is 0 Å². The van der Waals surface area contributed by atoms with Crippen molar-refractivity contribution in [3.05, 3.63) is 0 Å². The summed E-state index contributed by atoms with van der Waals surface area (Å²) in [6, 6.07) is 0. The maximum absolute atomic E-state index is 3.28. The molecule has 0 nitrogen and oxygen atoms in total. The van der Waals surface area contributed by atoms with Crippen LogP contribution < -0.4 is 0 Å². The Bertz CT molecular complexity index is 199. The van der Waals surface area contributed by atoms with Crippen molar-refractivity contribution in [1.29, 1.82) is 0 Å². The van der Waals surface area contributed by atoms with Crippen LogP contribution in [0.25, 0.3) is 0 Å². The maximum atomic E-state index is 3.28. The van der Waals surface area contributed by atoms with Crippen LogP contribution in [-0.2, 0) is 0 Å². The fraction of sp³-hybridized carbons (Fsp3) is 0.846. The van der Waals surface area contributed by atoms with Gasteiger partial charge in [-0.15, -0.1) is 5.92 Å². The van der Waals surface area contributed by atoms with Gasteiger partial charge in [-0.2, -0.15) is 0 Å². The molecule has 0 saturated heterocycles. The van der Waals surface area contributed by atoms with Crippen LogP contribution in [0, 0.1) is 28.6 Å². The third-order valence-electron chi connectivity index (χ3n) is 2.35. The molecule has 0 aliphatic rings. The first-order valence-electron chi connectivity index (χ1n) is 5.13. The molecule has 76 valence electrons. The minimum Gasteiger partial charge on any atom is -0.102 e. The molecule has 0 bridgehead atoms. The Kier molecular flexibility index (Phi) is 4.04. The molecule has 0 amide bonds. The predicted molar refractivity (Wildman–Crippen MR) is 60.5 cm³/mol. The molecule has 0 aromatic rings. The molecule has 0 fully saturated rings. The van der Waals surface area contributed by atoms with Gasteiger partial charge in [0.25, 0.3) is 0 Å². The van der Waals surface area contributed by atoms with Crippen LogP contribution in [0.1, 0.15) is 54.9 Å². The lowest BCUT2D eigenvalue weighted by atomic mass is 9.80. The molecule has 0 N–H and O–H groups in total. The highest BCUT2D eigenvalue weighted by Crippen LogP contribution is 2.27. The summed E-state index contributed by atoms with van der Waals surface area (Å²) in [5.41, 5.74) is 0.532. The zero-order valence-corrected chi connectivity index (χ0v) is 10.3. The Morgan fingerprint density at radius 1 is 1.00 bits per heavy atom. The summed E-state index contributed by atoms with van der Waals surface area (Å²) >= 11 is 0. The highest BCUT2D eigenvalue weighted by Gasteiger charge is 2.18. The average Bonchev–Trinajstić information content (AvgIpc) is 1.82. The molecule has 0 aromatic carbocycles. The molecule has 1 unspecified atom stereocenters. The first-order chi connectivity index (χ1) is 5.63. The van der Waals surface area contributed by atoms with Crippen molar-refractivity contribution >= 4 is 0 Å². The Balaban J connectivity index is 4.09. The highest BCUT2D eigenvalue weighted by atomic mass is 14.2. The largest absolute Gasteiger partial charge is 0.102 e. The first kappa shape index (κ1) is 12.6. The molecule has 0 saturated carbocycles. The van der Waals surface area contributed by atoms with Crippen molar-refractivity contribution < 1.29 is 0 Å². The topological polar surface area (TPSA) is 0 Å². The van der Waals surface area contributed by atoms with Crippen molar-refractivity contribution in [3.63, 3.8) is 0 Å². The van der Waals surface area contributed by atoms with E-state index < -0.39 is 0 Å². The van der Waals surface area contributed by atoms with Crippen LogP contribution >= 0.6 is 0 Å². The van der Waals surface area contributed by atoms with Gasteiger partial charge < -0.3 is 0 Å².